The maximum absolute atomic E-state index is 6.01. The summed E-state index contributed by atoms with van der Waals surface area (Å²) in [6.45, 7) is 6.02. The second-order valence-electron chi connectivity index (χ2n) is 5.20. The lowest BCUT2D eigenvalue weighted by atomic mass is 10.0. The van der Waals surface area contributed by atoms with Gasteiger partial charge in [-0.05, 0) is 54.4 Å². The van der Waals surface area contributed by atoms with E-state index in [1.54, 1.807) is 14.2 Å². The second-order valence-corrected chi connectivity index (χ2v) is 5.99. The standard InChI is InChI=1S/C18H21BrO3/c1-6-7-12-8-16(22-11(2)3)17-14(18(12)19)9-13(20-4)10-15(17)21-5/h6-11H,1-5H3/b7-6-. The highest BCUT2D eigenvalue weighted by Gasteiger charge is 2.17. The van der Waals surface area contributed by atoms with Gasteiger partial charge in [0.25, 0.3) is 0 Å². The molecule has 0 saturated heterocycles. The van der Waals surface area contributed by atoms with Gasteiger partial charge in [-0.25, -0.2) is 0 Å². The Morgan fingerprint density at radius 3 is 2.32 bits per heavy atom. The lowest BCUT2D eigenvalue weighted by Gasteiger charge is -2.18. The van der Waals surface area contributed by atoms with Crippen LogP contribution in [0, 0.1) is 0 Å². The van der Waals surface area contributed by atoms with E-state index in [4.69, 9.17) is 14.2 Å². The van der Waals surface area contributed by atoms with Crippen molar-refractivity contribution in [2.45, 2.75) is 26.9 Å². The van der Waals surface area contributed by atoms with E-state index < -0.39 is 0 Å². The highest BCUT2D eigenvalue weighted by molar-refractivity contribution is 9.10. The average molecular weight is 365 g/mol. The number of benzene rings is 2. The first-order valence-corrected chi connectivity index (χ1v) is 7.98. The number of hydrogen-bond acceptors (Lipinski definition) is 3. The van der Waals surface area contributed by atoms with Gasteiger partial charge in [0.1, 0.15) is 17.2 Å². The maximum atomic E-state index is 6.01. The van der Waals surface area contributed by atoms with E-state index in [1.165, 1.54) is 0 Å². The highest BCUT2D eigenvalue weighted by Crippen LogP contribution is 2.43. The molecule has 0 unspecified atom stereocenters. The van der Waals surface area contributed by atoms with E-state index in [0.717, 1.165) is 38.1 Å². The fraction of sp³-hybridized carbons (Fsp3) is 0.333. The van der Waals surface area contributed by atoms with Gasteiger partial charge in [-0.3, -0.25) is 0 Å². The summed E-state index contributed by atoms with van der Waals surface area (Å²) >= 11 is 3.69. The zero-order chi connectivity index (χ0) is 16.3. The lowest BCUT2D eigenvalue weighted by molar-refractivity contribution is 0.245. The van der Waals surface area contributed by atoms with Crippen LogP contribution in [0.15, 0.2) is 28.7 Å². The van der Waals surface area contributed by atoms with Crippen molar-refractivity contribution in [2.75, 3.05) is 14.2 Å². The summed E-state index contributed by atoms with van der Waals surface area (Å²) in [6.07, 6.45) is 4.13. The second kappa shape index (κ2) is 7.05. The van der Waals surface area contributed by atoms with Crippen molar-refractivity contribution in [1.82, 2.24) is 0 Å². The van der Waals surface area contributed by atoms with Crippen molar-refractivity contribution >= 4 is 32.8 Å². The predicted octanol–water partition coefficient (Wildman–Crippen LogP) is 5.44. The highest BCUT2D eigenvalue weighted by atomic mass is 79.9. The van der Waals surface area contributed by atoms with Crippen LogP contribution in [0.1, 0.15) is 26.3 Å². The summed E-state index contributed by atoms with van der Waals surface area (Å²) < 4.78 is 17.9. The first-order valence-electron chi connectivity index (χ1n) is 7.19. The van der Waals surface area contributed by atoms with Gasteiger partial charge in [-0.1, -0.05) is 12.2 Å². The molecule has 0 atom stereocenters. The smallest absolute Gasteiger partial charge is 0.134 e. The van der Waals surface area contributed by atoms with Crippen LogP contribution in [0.3, 0.4) is 0 Å². The third kappa shape index (κ3) is 3.22. The van der Waals surface area contributed by atoms with Crippen LogP contribution < -0.4 is 14.2 Å². The molecular weight excluding hydrogens is 344 g/mol. The third-order valence-corrected chi connectivity index (χ3v) is 4.15. The molecule has 2 aromatic carbocycles. The van der Waals surface area contributed by atoms with E-state index in [9.17, 15) is 0 Å². The topological polar surface area (TPSA) is 27.7 Å². The van der Waals surface area contributed by atoms with Crippen LogP contribution in [0.5, 0.6) is 17.2 Å². The summed E-state index contributed by atoms with van der Waals surface area (Å²) in [5.74, 6) is 2.29. The molecule has 0 radical (unpaired) electrons. The monoisotopic (exact) mass is 364 g/mol. The maximum Gasteiger partial charge on any atom is 0.134 e. The summed E-state index contributed by atoms with van der Waals surface area (Å²) in [5.41, 5.74) is 1.06. The van der Waals surface area contributed by atoms with E-state index >= 15 is 0 Å². The fourth-order valence-corrected chi connectivity index (χ4v) is 2.94. The van der Waals surface area contributed by atoms with Crippen LogP contribution in [-0.2, 0) is 0 Å². The van der Waals surface area contributed by atoms with Crippen molar-refractivity contribution in [2.24, 2.45) is 0 Å². The minimum atomic E-state index is 0.0784. The summed E-state index contributed by atoms with van der Waals surface area (Å²) in [7, 11) is 3.30. The van der Waals surface area contributed by atoms with Crippen molar-refractivity contribution in [3.05, 3.63) is 34.3 Å². The SMILES string of the molecule is C/C=C\c1cc(OC(C)C)c2c(OC)cc(OC)cc2c1Br. The predicted molar refractivity (Wildman–Crippen MR) is 95.2 cm³/mol. The Morgan fingerprint density at radius 1 is 1.05 bits per heavy atom. The molecule has 0 fully saturated rings. The number of fused-ring (bicyclic) bond motifs is 1. The Bertz CT molecular complexity index is 705. The number of hydrogen-bond donors (Lipinski definition) is 0. The molecule has 0 N–H and O–H groups in total. The number of allylic oxidation sites excluding steroid dienone is 1. The molecule has 2 aromatic rings. The molecule has 0 aliphatic carbocycles. The largest absolute Gasteiger partial charge is 0.497 e. The van der Waals surface area contributed by atoms with Crippen LogP contribution >= 0.6 is 15.9 Å². The van der Waals surface area contributed by atoms with Crippen LogP contribution in [0.2, 0.25) is 0 Å². The van der Waals surface area contributed by atoms with Crippen molar-refractivity contribution in [1.29, 1.82) is 0 Å². The minimum Gasteiger partial charge on any atom is -0.497 e. The molecule has 2 rings (SSSR count). The first-order chi connectivity index (χ1) is 10.5. The Kier molecular flexibility index (Phi) is 5.35. The van der Waals surface area contributed by atoms with Crippen LogP contribution in [0.4, 0.5) is 0 Å². The van der Waals surface area contributed by atoms with Gasteiger partial charge in [0, 0.05) is 15.9 Å². The van der Waals surface area contributed by atoms with Crippen LogP contribution in [0.25, 0.3) is 16.8 Å². The van der Waals surface area contributed by atoms with Gasteiger partial charge in [-0.15, -0.1) is 0 Å². The van der Waals surface area contributed by atoms with Gasteiger partial charge in [0.2, 0.25) is 0 Å². The van der Waals surface area contributed by atoms with E-state index in [2.05, 4.69) is 15.9 Å². The molecule has 0 aliphatic heterocycles. The van der Waals surface area contributed by atoms with E-state index in [0.29, 0.717) is 0 Å². The van der Waals surface area contributed by atoms with Crippen LogP contribution in [-0.4, -0.2) is 20.3 Å². The van der Waals surface area contributed by atoms with Gasteiger partial charge in [-0.2, -0.15) is 0 Å². The summed E-state index contributed by atoms with van der Waals surface area (Å²) in [6, 6.07) is 5.89. The lowest BCUT2D eigenvalue weighted by Crippen LogP contribution is -2.07. The Balaban J connectivity index is 2.87. The molecular formula is C18H21BrO3. The van der Waals surface area contributed by atoms with Gasteiger partial charge in [0.15, 0.2) is 0 Å². The molecule has 0 heterocycles. The van der Waals surface area contributed by atoms with Crippen molar-refractivity contribution < 1.29 is 14.2 Å². The van der Waals surface area contributed by atoms with Gasteiger partial charge >= 0.3 is 0 Å². The number of methoxy groups -OCH3 is 2. The Labute approximate surface area is 140 Å². The zero-order valence-corrected chi connectivity index (χ0v) is 15.2. The molecule has 0 aromatic heterocycles. The van der Waals surface area contributed by atoms with E-state index in [-0.39, 0.29) is 6.10 Å². The number of rotatable bonds is 5. The molecule has 4 heteroatoms. The van der Waals surface area contributed by atoms with E-state index in [1.807, 2.05) is 51.1 Å². The van der Waals surface area contributed by atoms with Crippen molar-refractivity contribution in [3.63, 3.8) is 0 Å². The number of ether oxygens (including phenoxy) is 3. The first kappa shape index (κ1) is 16.7. The Hall–Kier alpha value is -1.68. The molecule has 0 spiro atoms. The molecule has 0 amide bonds. The quantitative estimate of drug-likeness (QED) is 0.706. The average Bonchev–Trinajstić information content (AvgIpc) is 2.50. The fourth-order valence-electron chi connectivity index (χ4n) is 2.38. The summed E-state index contributed by atoms with van der Waals surface area (Å²) in [4.78, 5) is 0. The Morgan fingerprint density at radius 2 is 1.77 bits per heavy atom. The molecule has 0 bridgehead atoms. The third-order valence-electron chi connectivity index (χ3n) is 3.26. The normalized spacial score (nSPS) is 11.4. The molecule has 0 saturated carbocycles. The molecule has 3 nitrogen and oxygen atoms in total. The van der Waals surface area contributed by atoms with Gasteiger partial charge < -0.3 is 14.2 Å². The number of halogens is 1. The zero-order valence-electron chi connectivity index (χ0n) is 13.6. The molecule has 118 valence electrons. The van der Waals surface area contributed by atoms with Gasteiger partial charge in [0.05, 0.1) is 25.7 Å². The minimum absolute atomic E-state index is 0.0784. The molecule has 22 heavy (non-hydrogen) atoms. The summed E-state index contributed by atoms with van der Waals surface area (Å²) in [5, 5.41) is 1.94. The molecule has 0 aliphatic rings. The van der Waals surface area contributed by atoms with Crippen molar-refractivity contribution in [3.8, 4) is 17.2 Å².